The Morgan fingerprint density at radius 2 is 1.79 bits per heavy atom. The van der Waals surface area contributed by atoms with Gasteiger partial charge in [-0.2, -0.15) is 0 Å². The van der Waals surface area contributed by atoms with Crippen LogP contribution in [-0.4, -0.2) is 38.6 Å². The van der Waals surface area contributed by atoms with Crippen LogP contribution in [-0.2, 0) is 0 Å². The molecule has 2 atom stereocenters. The third-order valence-electron chi connectivity index (χ3n) is 5.93. The zero-order valence-corrected chi connectivity index (χ0v) is 13.2. The molecule has 1 N–H and O–H groups in total. The topological polar surface area (TPSA) is 15.3 Å². The molecule has 2 nitrogen and oxygen atoms in total. The van der Waals surface area contributed by atoms with Gasteiger partial charge in [0.25, 0.3) is 0 Å². The second kappa shape index (κ2) is 5.04. The fourth-order valence-electron chi connectivity index (χ4n) is 6.01. The predicted octanol–water partition coefficient (Wildman–Crippen LogP) is 3.13. The predicted molar refractivity (Wildman–Crippen MR) is 81.3 cm³/mol. The SMILES string of the molecule is CN(C)CCCNCC12CC3CC(CC(C)(C3)C1)C2. The van der Waals surface area contributed by atoms with Crippen molar-refractivity contribution in [1.82, 2.24) is 10.2 Å². The molecular formula is C17H32N2. The van der Waals surface area contributed by atoms with E-state index in [2.05, 4.69) is 31.2 Å². The fraction of sp³-hybridized carbons (Fsp3) is 1.00. The molecule has 0 heterocycles. The van der Waals surface area contributed by atoms with Crippen LogP contribution < -0.4 is 5.32 Å². The van der Waals surface area contributed by atoms with Crippen LogP contribution >= 0.6 is 0 Å². The molecule has 4 fully saturated rings. The molecule has 110 valence electrons. The molecule has 0 spiro atoms. The Morgan fingerprint density at radius 3 is 2.37 bits per heavy atom. The Bertz CT molecular complexity index is 309. The molecule has 4 rings (SSSR count). The summed E-state index contributed by atoms with van der Waals surface area (Å²) in [5, 5.41) is 3.79. The molecule has 4 aliphatic carbocycles. The zero-order chi connectivity index (χ0) is 13.5. The number of nitrogens with zero attached hydrogens (tertiary/aromatic N) is 1. The van der Waals surface area contributed by atoms with Crippen LogP contribution in [0, 0.1) is 22.7 Å². The molecule has 0 aromatic rings. The lowest BCUT2D eigenvalue weighted by Gasteiger charge is -2.61. The molecule has 2 unspecified atom stereocenters. The van der Waals surface area contributed by atoms with Crippen LogP contribution in [0.2, 0.25) is 0 Å². The smallest absolute Gasteiger partial charge is 0.000822 e. The van der Waals surface area contributed by atoms with Gasteiger partial charge < -0.3 is 10.2 Å². The maximum absolute atomic E-state index is 3.79. The van der Waals surface area contributed by atoms with E-state index in [9.17, 15) is 0 Å². The summed E-state index contributed by atoms with van der Waals surface area (Å²) in [6.07, 6.45) is 10.5. The lowest BCUT2D eigenvalue weighted by Crippen LogP contribution is -2.54. The highest BCUT2D eigenvalue weighted by Crippen LogP contribution is 2.64. The quantitative estimate of drug-likeness (QED) is 0.742. The first-order valence-corrected chi connectivity index (χ1v) is 8.34. The molecule has 0 saturated heterocycles. The number of hydrogen-bond acceptors (Lipinski definition) is 2. The second-order valence-electron chi connectivity index (χ2n) is 8.61. The summed E-state index contributed by atoms with van der Waals surface area (Å²) in [6, 6.07) is 0. The average Bonchev–Trinajstić information content (AvgIpc) is 2.24. The van der Waals surface area contributed by atoms with Crippen molar-refractivity contribution >= 4 is 0 Å². The summed E-state index contributed by atoms with van der Waals surface area (Å²) in [5.41, 5.74) is 1.38. The molecule has 4 saturated carbocycles. The van der Waals surface area contributed by atoms with Gasteiger partial charge in [-0.15, -0.1) is 0 Å². The van der Waals surface area contributed by atoms with Crippen LogP contribution in [0.25, 0.3) is 0 Å². The zero-order valence-electron chi connectivity index (χ0n) is 13.2. The molecule has 0 aromatic carbocycles. The minimum atomic E-state index is 0.678. The third kappa shape index (κ3) is 3.00. The Labute approximate surface area is 119 Å². The summed E-state index contributed by atoms with van der Waals surface area (Å²) in [5.74, 6) is 2.13. The van der Waals surface area contributed by atoms with Gasteiger partial charge in [0.05, 0.1) is 0 Å². The first kappa shape index (κ1) is 13.9. The van der Waals surface area contributed by atoms with Crippen LogP contribution in [0.3, 0.4) is 0 Å². The van der Waals surface area contributed by atoms with E-state index < -0.39 is 0 Å². The molecular weight excluding hydrogens is 232 g/mol. The van der Waals surface area contributed by atoms with Gasteiger partial charge in [-0.25, -0.2) is 0 Å². The van der Waals surface area contributed by atoms with Crippen LogP contribution in [0.5, 0.6) is 0 Å². The number of hydrogen-bond donors (Lipinski definition) is 1. The van der Waals surface area contributed by atoms with E-state index in [1.807, 2.05) is 0 Å². The van der Waals surface area contributed by atoms with E-state index in [0.717, 1.165) is 11.8 Å². The van der Waals surface area contributed by atoms with E-state index in [1.54, 1.807) is 6.42 Å². The molecule has 4 aliphatic rings. The van der Waals surface area contributed by atoms with Crippen molar-refractivity contribution in [1.29, 1.82) is 0 Å². The van der Waals surface area contributed by atoms with Crippen molar-refractivity contribution in [3.8, 4) is 0 Å². The van der Waals surface area contributed by atoms with Gasteiger partial charge in [0, 0.05) is 6.54 Å². The largest absolute Gasteiger partial charge is 0.316 e. The van der Waals surface area contributed by atoms with Crippen molar-refractivity contribution < 1.29 is 0 Å². The van der Waals surface area contributed by atoms with Gasteiger partial charge in [0.2, 0.25) is 0 Å². The van der Waals surface area contributed by atoms with Crippen LogP contribution in [0.1, 0.15) is 51.9 Å². The molecule has 4 bridgehead atoms. The first-order valence-electron chi connectivity index (χ1n) is 8.34. The Balaban J connectivity index is 1.50. The van der Waals surface area contributed by atoms with Gasteiger partial charge >= 0.3 is 0 Å². The molecule has 0 amide bonds. The highest BCUT2D eigenvalue weighted by Gasteiger charge is 2.55. The Morgan fingerprint density at radius 1 is 1.11 bits per heavy atom. The van der Waals surface area contributed by atoms with Gasteiger partial charge in [0.1, 0.15) is 0 Å². The first-order chi connectivity index (χ1) is 8.99. The number of nitrogens with one attached hydrogen (secondary N) is 1. The number of rotatable bonds is 6. The van der Waals surface area contributed by atoms with Gasteiger partial charge in [-0.05, 0) is 94.8 Å². The molecule has 0 aliphatic heterocycles. The van der Waals surface area contributed by atoms with E-state index in [-0.39, 0.29) is 0 Å². The summed E-state index contributed by atoms with van der Waals surface area (Å²) >= 11 is 0. The van der Waals surface area contributed by atoms with Crippen molar-refractivity contribution in [2.45, 2.75) is 51.9 Å². The monoisotopic (exact) mass is 264 g/mol. The standard InChI is InChI=1S/C17H32N2/c1-16-8-14-7-15(9-16)11-17(10-14,12-16)13-18-5-4-6-19(2)3/h14-15,18H,4-13H2,1-3H3. The van der Waals surface area contributed by atoms with Crippen molar-refractivity contribution in [2.75, 3.05) is 33.7 Å². The van der Waals surface area contributed by atoms with Crippen molar-refractivity contribution in [2.24, 2.45) is 22.7 Å². The summed E-state index contributed by atoms with van der Waals surface area (Å²) in [7, 11) is 4.33. The van der Waals surface area contributed by atoms with E-state index >= 15 is 0 Å². The normalized spacial score (nSPS) is 44.2. The highest BCUT2D eigenvalue weighted by atomic mass is 15.1. The molecule has 0 aromatic heterocycles. The molecule has 2 heteroatoms. The summed E-state index contributed by atoms with van der Waals surface area (Å²) < 4.78 is 0. The fourth-order valence-corrected chi connectivity index (χ4v) is 6.01. The summed E-state index contributed by atoms with van der Waals surface area (Å²) in [4.78, 5) is 2.29. The average molecular weight is 264 g/mol. The summed E-state index contributed by atoms with van der Waals surface area (Å²) in [6.45, 7) is 6.28. The van der Waals surface area contributed by atoms with E-state index in [4.69, 9.17) is 0 Å². The van der Waals surface area contributed by atoms with Crippen molar-refractivity contribution in [3.05, 3.63) is 0 Å². The maximum atomic E-state index is 3.79. The molecule has 19 heavy (non-hydrogen) atoms. The minimum Gasteiger partial charge on any atom is -0.316 e. The van der Waals surface area contributed by atoms with Gasteiger partial charge in [-0.1, -0.05) is 6.92 Å². The maximum Gasteiger partial charge on any atom is 0.000822 e. The van der Waals surface area contributed by atoms with Crippen LogP contribution in [0.4, 0.5) is 0 Å². The van der Waals surface area contributed by atoms with E-state index in [0.29, 0.717) is 10.8 Å². The highest BCUT2D eigenvalue weighted by molar-refractivity contribution is 5.06. The Hall–Kier alpha value is -0.0800. The van der Waals surface area contributed by atoms with Crippen LogP contribution in [0.15, 0.2) is 0 Å². The van der Waals surface area contributed by atoms with Gasteiger partial charge in [-0.3, -0.25) is 0 Å². The molecule has 0 radical (unpaired) electrons. The third-order valence-corrected chi connectivity index (χ3v) is 5.93. The minimum absolute atomic E-state index is 0.678. The van der Waals surface area contributed by atoms with Crippen molar-refractivity contribution in [3.63, 3.8) is 0 Å². The lowest BCUT2D eigenvalue weighted by atomic mass is 9.44. The van der Waals surface area contributed by atoms with Gasteiger partial charge in [0.15, 0.2) is 0 Å². The lowest BCUT2D eigenvalue weighted by molar-refractivity contribution is -0.0997. The van der Waals surface area contributed by atoms with E-state index in [1.165, 1.54) is 58.2 Å². The second-order valence-corrected chi connectivity index (χ2v) is 8.61. The Kier molecular flexibility index (Phi) is 3.68.